The number of sulfonamides is 1. The van der Waals surface area contributed by atoms with Crippen LogP contribution in [0.3, 0.4) is 0 Å². The second kappa shape index (κ2) is 10.8. The van der Waals surface area contributed by atoms with Gasteiger partial charge in [-0.25, -0.2) is 8.42 Å². The fourth-order valence-corrected chi connectivity index (χ4v) is 3.58. The van der Waals surface area contributed by atoms with E-state index >= 15 is 0 Å². The van der Waals surface area contributed by atoms with Gasteiger partial charge >= 0.3 is 11.4 Å². The van der Waals surface area contributed by atoms with Crippen LogP contribution in [0.5, 0.6) is 0 Å². The highest BCUT2D eigenvalue weighted by atomic mass is 32.2. The molecule has 1 N–H and O–H groups in total. The van der Waals surface area contributed by atoms with Crippen LogP contribution in [0.25, 0.3) is 0 Å². The quantitative estimate of drug-likeness (QED) is 0.266. The summed E-state index contributed by atoms with van der Waals surface area (Å²) in [6, 6.07) is 5.71. The molecule has 0 aromatic heterocycles. The van der Waals surface area contributed by atoms with Crippen molar-refractivity contribution < 1.29 is 22.7 Å². The Hall–Kier alpha value is -3.68. The molecule has 2 aromatic carbocycles. The van der Waals surface area contributed by atoms with Gasteiger partial charge in [0.15, 0.2) is 5.69 Å². The van der Waals surface area contributed by atoms with E-state index in [2.05, 4.69) is 19.9 Å². The number of nitrogens with zero attached hydrogens (tertiary/aromatic N) is 5. The summed E-state index contributed by atoms with van der Waals surface area (Å²) in [5.41, 5.74) is -1.63. The smallest absolute Gasteiger partial charge is 0.311 e. The Kier molecular flexibility index (Phi) is 8.34. The highest BCUT2D eigenvalue weighted by Crippen LogP contribution is 2.37. The van der Waals surface area contributed by atoms with Gasteiger partial charge < -0.3 is 4.90 Å². The molecule has 33 heavy (non-hydrogen) atoms. The van der Waals surface area contributed by atoms with Crippen LogP contribution in [-0.2, 0) is 10.0 Å². The van der Waals surface area contributed by atoms with Crippen LogP contribution in [0.2, 0.25) is 0 Å². The number of benzene rings is 2. The van der Waals surface area contributed by atoms with Crippen LogP contribution >= 0.6 is 0 Å². The van der Waals surface area contributed by atoms with E-state index < -0.39 is 42.7 Å². The summed E-state index contributed by atoms with van der Waals surface area (Å²) >= 11 is 0. The third kappa shape index (κ3) is 6.90. The van der Waals surface area contributed by atoms with E-state index in [1.807, 2.05) is 13.8 Å². The van der Waals surface area contributed by atoms with Crippen LogP contribution in [0.15, 0.2) is 40.6 Å². The zero-order valence-corrected chi connectivity index (χ0v) is 19.0. The van der Waals surface area contributed by atoms with E-state index in [0.717, 1.165) is 37.9 Å². The lowest BCUT2D eigenvalue weighted by atomic mass is 10.2. The first kappa shape index (κ1) is 25.6. The maximum Gasteiger partial charge on any atom is 0.311 e. The molecular weight excluding hydrogens is 459 g/mol. The molecule has 0 spiro atoms. The Balaban J connectivity index is 2.56. The molecule has 0 amide bonds. The van der Waals surface area contributed by atoms with Gasteiger partial charge in [0.25, 0.3) is 0 Å². The topological polar surface area (TPSA) is 160 Å². The normalized spacial score (nSPS) is 11.5. The highest BCUT2D eigenvalue weighted by Gasteiger charge is 2.25. The fraction of sp³-hybridized carbons (Fsp3) is 0.368. The SMILES string of the molecule is CCCN(CCC)c1ccc(/N=N/c2cc(F)c([N+](=O)[O-])cc2[N+](=O)[O-])c(NS(C)(=O)=O)c1. The third-order valence-electron chi connectivity index (χ3n) is 4.33. The maximum absolute atomic E-state index is 14.0. The van der Waals surface area contributed by atoms with E-state index in [1.165, 1.54) is 6.07 Å². The lowest BCUT2D eigenvalue weighted by molar-refractivity contribution is -0.395. The van der Waals surface area contributed by atoms with Crippen molar-refractivity contribution in [3.05, 3.63) is 56.4 Å². The molecule has 0 aliphatic heterocycles. The standard InChI is InChI=1S/C19H23FN6O6S/c1-4-8-24(9-5-2)13-6-7-15(16(10-13)23-33(3,31)32)21-22-17-11-14(20)18(25(27)28)12-19(17)26(29)30/h6-7,10-12,23H,4-5,8-9H2,1-3H3/b22-21+. The van der Waals surface area contributed by atoms with Crippen LogP contribution in [-0.4, -0.2) is 37.6 Å². The Morgan fingerprint density at radius 3 is 2.06 bits per heavy atom. The number of azo groups is 1. The summed E-state index contributed by atoms with van der Waals surface area (Å²) in [5.74, 6) is -1.32. The van der Waals surface area contributed by atoms with Crippen LogP contribution < -0.4 is 9.62 Å². The molecule has 2 rings (SSSR count). The number of nitrogens with one attached hydrogen (secondary N) is 1. The first-order valence-electron chi connectivity index (χ1n) is 9.87. The molecule has 0 saturated carbocycles. The molecule has 0 bridgehead atoms. The zero-order chi connectivity index (χ0) is 24.8. The molecule has 0 heterocycles. The molecule has 0 radical (unpaired) electrons. The van der Waals surface area contributed by atoms with Gasteiger partial charge in [-0.1, -0.05) is 13.8 Å². The summed E-state index contributed by atoms with van der Waals surface area (Å²) in [4.78, 5) is 22.2. The molecule has 0 saturated heterocycles. The number of halogens is 1. The van der Waals surface area contributed by atoms with Gasteiger partial charge in [-0.2, -0.15) is 4.39 Å². The van der Waals surface area contributed by atoms with Crippen molar-refractivity contribution in [2.24, 2.45) is 10.2 Å². The lowest BCUT2D eigenvalue weighted by Gasteiger charge is -2.24. The molecule has 0 unspecified atom stereocenters. The Bertz CT molecular complexity index is 1180. The molecule has 178 valence electrons. The van der Waals surface area contributed by atoms with Crippen molar-refractivity contribution in [2.45, 2.75) is 26.7 Å². The number of nitro groups is 2. The van der Waals surface area contributed by atoms with Gasteiger partial charge in [-0.15, -0.1) is 10.2 Å². The van der Waals surface area contributed by atoms with E-state index in [0.29, 0.717) is 12.1 Å². The number of hydrogen-bond acceptors (Lipinski definition) is 9. The van der Waals surface area contributed by atoms with Gasteiger partial charge in [-0.3, -0.25) is 25.0 Å². The molecule has 0 fully saturated rings. The first-order valence-corrected chi connectivity index (χ1v) is 11.8. The summed E-state index contributed by atoms with van der Waals surface area (Å²) in [7, 11) is -3.71. The van der Waals surface area contributed by atoms with Gasteiger partial charge in [0.2, 0.25) is 15.8 Å². The average molecular weight is 482 g/mol. The van der Waals surface area contributed by atoms with Crippen LogP contribution in [0, 0.1) is 26.0 Å². The zero-order valence-electron chi connectivity index (χ0n) is 18.2. The van der Waals surface area contributed by atoms with E-state index in [-0.39, 0.29) is 11.4 Å². The first-order chi connectivity index (χ1) is 15.5. The minimum atomic E-state index is -3.71. The lowest BCUT2D eigenvalue weighted by Crippen LogP contribution is -2.25. The monoisotopic (exact) mass is 482 g/mol. The molecule has 0 aliphatic carbocycles. The number of anilines is 2. The van der Waals surface area contributed by atoms with Crippen molar-refractivity contribution >= 4 is 44.1 Å². The Morgan fingerprint density at radius 1 is 0.970 bits per heavy atom. The van der Waals surface area contributed by atoms with Crippen molar-refractivity contribution in [2.75, 3.05) is 29.0 Å². The third-order valence-corrected chi connectivity index (χ3v) is 4.92. The summed E-state index contributed by atoms with van der Waals surface area (Å²) in [5, 5.41) is 29.7. The minimum absolute atomic E-state index is 0.0187. The summed E-state index contributed by atoms with van der Waals surface area (Å²) < 4.78 is 40.0. The van der Waals surface area contributed by atoms with Gasteiger partial charge in [-0.05, 0) is 31.0 Å². The van der Waals surface area contributed by atoms with Crippen LogP contribution in [0.1, 0.15) is 26.7 Å². The maximum atomic E-state index is 14.0. The molecule has 12 nitrogen and oxygen atoms in total. The molecule has 0 aliphatic rings. The fourth-order valence-electron chi connectivity index (χ4n) is 3.01. The second-order valence-electron chi connectivity index (χ2n) is 7.07. The minimum Gasteiger partial charge on any atom is -0.371 e. The predicted molar refractivity (Wildman–Crippen MR) is 122 cm³/mol. The molecular formula is C19H23FN6O6S. The van der Waals surface area contributed by atoms with Gasteiger partial charge in [0.05, 0.1) is 27.9 Å². The molecule has 2 aromatic rings. The van der Waals surface area contributed by atoms with E-state index in [9.17, 15) is 33.0 Å². The summed E-state index contributed by atoms with van der Waals surface area (Å²) in [6.07, 6.45) is 2.68. The van der Waals surface area contributed by atoms with E-state index in [1.54, 1.807) is 12.1 Å². The largest absolute Gasteiger partial charge is 0.371 e. The van der Waals surface area contributed by atoms with E-state index in [4.69, 9.17) is 0 Å². The highest BCUT2D eigenvalue weighted by molar-refractivity contribution is 7.92. The van der Waals surface area contributed by atoms with Crippen molar-refractivity contribution in [3.8, 4) is 0 Å². The number of nitro benzene ring substituents is 2. The van der Waals surface area contributed by atoms with Crippen molar-refractivity contribution in [3.63, 3.8) is 0 Å². The molecule has 0 atom stereocenters. The Labute approximate surface area is 189 Å². The number of hydrogen-bond donors (Lipinski definition) is 1. The second-order valence-corrected chi connectivity index (χ2v) is 8.82. The van der Waals surface area contributed by atoms with Gasteiger partial charge in [0, 0.05) is 24.8 Å². The average Bonchev–Trinajstić information content (AvgIpc) is 2.71. The van der Waals surface area contributed by atoms with Crippen molar-refractivity contribution in [1.82, 2.24) is 0 Å². The van der Waals surface area contributed by atoms with Crippen molar-refractivity contribution in [1.29, 1.82) is 0 Å². The van der Waals surface area contributed by atoms with Crippen LogP contribution in [0.4, 0.5) is 38.5 Å². The predicted octanol–water partition coefficient (Wildman–Crippen LogP) is 5.06. The summed E-state index contributed by atoms with van der Waals surface area (Å²) in [6.45, 7) is 5.50. The Morgan fingerprint density at radius 2 is 1.55 bits per heavy atom. The molecule has 14 heteroatoms. The van der Waals surface area contributed by atoms with Gasteiger partial charge in [0.1, 0.15) is 5.69 Å². The number of rotatable bonds is 11.